The van der Waals surface area contributed by atoms with Crippen molar-refractivity contribution in [1.29, 1.82) is 0 Å². The zero-order valence-corrected chi connectivity index (χ0v) is 50.2. The molecule has 0 atom stereocenters. The van der Waals surface area contributed by atoms with Gasteiger partial charge in [0.1, 0.15) is 0 Å². The Morgan fingerprint density at radius 3 is 0.575 bits per heavy atom. The second-order valence-electron chi connectivity index (χ2n) is 21.5. The zero-order valence-electron chi connectivity index (χ0n) is 50.2. The van der Waals surface area contributed by atoms with Gasteiger partial charge < -0.3 is 0 Å². The first-order chi connectivity index (χ1) is 42.2. The monoisotopic (exact) mass is 1120 g/mol. The summed E-state index contributed by atoms with van der Waals surface area (Å²) in [5.74, 6) is 41.6. The van der Waals surface area contributed by atoms with Crippen LogP contribution in [0.2, 0.25) is 0 Å². The van der Waals surface area contributed by atoms with E-state index in [0.717, 1.165) is 117 Å². The second-order valence-corrected chi connectivity index (χ2v) is 21.5. The van der Waals surface area contributed by atoms with Crippen LogP contribution >= 0.6 is 0 Å². The first kappa shape index (κ1) is 58.6. The third-order valence-corrected chi connectivity index (χ3v) is 13.9. The molecule has 0 heterocycles. The molecule has 414 valence electrons. The van der Waals surface area contributed by atoms with E-state index >= 15 is 0 Å². The molecule has 0 aromatic heterocycles. The maximum atomic E-state index is 4.68. The lowest BCUT2D eigenvalue weighted by Gasteiger charge is -2.06. The number of nitrogens with zero attached hydrogens (tertiary/aromatic N) is 6. The Hall–Kier alpha value is -11.6. The minimum atomic E-state index is 0.627. The fourth-order valence-corrected chi connectivity index (χ4v) is 9.70. The molecule has 0 amide bonds. The molecule has 0 saturated heterocycles. The van der Waals surface area contributed by atoms with Crippen molar-refractivity contribution < 1.29 is 0 Å². The van der Waals surface area contributed by atoms with E-state index < -0.39 is 0 Å². The third kappa shape index (κ3) is 16.6. The number of hydrogen-bond acceptors (Lipinski definition) is 6. The highest BCUT2D eigenvalue weighted by atomic mass is 15.1. The molecule has 0 radical (unpaired) electrons. The van der Waals surface area contributed by atoms with E-state index in [0.29, 0.717) is 33.8 Å². The third-order valence-electron chi connectivity index (χ3n) is 13.9. The lowest BCUT2D eigenvalue weighted by molar-refractivity contribution is 1.22. The van der Waals surface area contributed by atoms with Gasteiger partial charge in [-0.3, -0.25) is 0 Å². The summed E-state index contributed by atoms with van der Waals surface area (Å²) in [5.41, 5.74) is 23.3. The molecule has 0 aliphatic carbocycles. The summed E-state index contributed by atoms with van der Waals surface area (Å²) in [7, 11) is 0. The van der Waals surface area contributed by atoms with Crippen molar-refractivity contribution in [2.75, 3.05) is 0 Å². The van der Waals surface area contributed by atoms with E-state index in [4.69, 9.17) is 0 Å². The van der Waals surface area contributed by atoms with Gasteiger partial charge in [-0.25, -0.2) is 0 Å². The Bertz CT molecular complexity index is 4240. The Labute approximate surface area is 512 Å². The number of hydrogen-bond donors (Lipinski definition) is 0. The van der Waals surface area contributed by atoms with Gasteiger partial charge in [0.15, 0.2) is 0 Å². The molecule has 0 bridgehead atoms. The van der Waals surface area contributed by atoms with Crippen LogP contribution in [0.4, 0.5) is 34.1 Å². The summed E-state index contributed by atoms with van der Waals surface area (Å²) in [5, 5.41) is 27.7. The van der Waals surface area contributed by atoms with Gasteiger partial charge in [-0.05, 0) is 240 Å². The van der Waals surface area contributed by atoms with Gasteiger partial charge in [0.2, 0.25) is 0 Å². The molecule has 87 heavy (non-hydrogen) atoms. The van der Waals surface area contributed by atoms with Gasteiger partial charge in [0.05, 0.1) is 34.1 Å². The minimum absolute atomic E-state index is 0.627. The van der Waals surface area contributed by atoms with Crippen LogP contribution in [-0.2, 0) is 0 Å². The Kier molecular flexibility index (Phi) is 18.6. The summed E-state index contributed by atoms with van der Waals surface area (Å²) in [4.78, 5) is 0. The molecule has 6 nitrogen and oxygen atoms in total. The predicted octanol–water partition coefficient (Wildman–Crippen LogP) is 20.1. The number of rotatable bonds is 6. The Morgan fingerprint density at radius 2 is 0.368 bits per heavy atom. The van der Waals surface area contributed by atoms with Crippen LogP contribution in [0.25, 0.3) is 0 Å². The number of benzene rings is 10. The molecule has 0 aliphatic rings. The average Bonchev–Trinajstić information content (AvgIpc) is 3.19. The molecule has 10 aromatic carbocycles. The standard InChI is InChI=1S/C81H60N6/c1-55-37-56(2)41-64(40-55)25-31-70-49-79(85-82-76-19-13-10-14-20-76)52-73(61(70)7)34-28-67-46-68(29-35-74-53-80(86-83-77-21-15-11-16-22-77)50-71(62(74)8)32-26-65-42-57(3)38-58(4)43-65)48-69(47-67)30-36-75-54-81(87-84-78-23-17-12-18-24-78)51-72(63(75)9)33-27-66-44-59(5)39-60(6)45-66/h10-24,37-54H,1-9H3. The van der Waals surface area contributed by atoms with Crippen molar-refractivity contribution in [2.45, 2.75) is 62.3 Å². The Morgan fingerprint density at radius 1 is 0.184 bits per heavy atom. The maximum absolute atomic E-state index is 4.68. The number of azo groups is 3. The highest BCUT2D eigenvalue weighted by Crippen LogP contribution is 2.29. The molecular weight excluding hydrogens is 1060 g/mol. The van der Waals surface area contributed by atoms with Crippen LogP contribution in [0.1, 0.15) is 117 Å². The quantitative estimate of drug-likeness (QED) is 0.118. The topological polar surface area (TPSA) is 74.2 Å². The summed E-state index contributed by atoms with van der Waals surface area (Å²) in [6, 6.07) is 65.7. The van der Waals surface area contributed by atoms with Crippen molar-refractivity contribution in [1.82, 2.24) is 0 Å². The molecule has 0 N–H and O–H groups in total. The summed E-state index contributed by atoms with van der Waals surface area (Å²) < 4.78 is 0. The first-order valence-corrected chi connectivity index (χ1v) is 28.6. The van der Waals surface area contributed by atoms with Gasteiger partial charge in [-0.1, -0.05) is 144 Å². The molecule has 10 aromatic rings. The van der Waals surface area contributed by atoms with Gasteiger partial charge in [0.25, 0.3) is 0 Å². The lowest BCUT2D eigenvalue weighted by Crippen LogP contribution is -1.91. The molecule has 0 spiro atoms. The van der Waals surface area contributed by atoms with E-state index in [1.54, 1.807) is 0 Å². The van der Waals surface area contributed by atoms with Crippen LogP contribution in [0, 0.1) is 133 Å². The van der Waals surface area contributed by atoms with Crippen LogP contribution in [0.15, 0.2) is 231 Å². The zero-order chi connectivity index (χ0) is 60.7. The largest absolute Gasteiger partial charge is 0.151 e. The Balaban J connectivity index is 1.12. The van der Waals surface area contributed by atoms with Crippen molar-refractivity contribution in [3.63, 3.8) is 0 Å². The summed E-state index contributed by atoms with van der Waals surface area (Å²) in [6.45, 7) is 18.6. The molecule has 0 unspecified atom stereocenters. The van der Waals surface area contributed by atoms with Gasteiger partial charge in [-0.2, -0.15) is 30.7 Å². The van der Waals surface area contributed by atoms with Gasteiger partial charge in [0, 0.05) is 66.8 Å². The van der Waals surface area contributed by atoms with E-state index in [2.05, 4.69) is 198 Å². The number of aryl methyl sites for hydroxylation is 6. The van der Waals surface area contributed by atoms with E-state index in [-0.39, 0.29) is 0 Å². The van der Waals surface area contributed by atoms with Crippen LogP contribution in [0.5, 0.6) is 0 Å². The minimum Gasteiger partial charge on any atom is -0.151 e. The average molecular weight is 1120 g/mol. The highest BCUT2D eigenvalue weighted by Gasteiger charge is 2.10. The molecule has 6 heteroatoms. The first-order valence-electron chi connectivity index (χ1n) is 28.6. The fourth-order valence-electron chi connectivity index (χ4n) is 9.70. The molecule has 0 fully saturated rings. The van der Waals surface area contributed by atoms with Gasteiger partial charge in [-0.15, -0.1) is 0 Å². The maximum Gasteiger partial charge on any atom is 0.0882 e. The summed E-state index contributed by atoms with van der Waals surface area (Å²) in [6.07, 6.45) is 0. The van der Waals surface area contributed by atoms with E-state index in [1.807, 2.05) is 166 Å². The smallest absolute Gasteiger partial charge is 0.0882 e. The molecule has 0 saturated carbocycles. The van der Waals surface area contributed by atoms with Crippen LogP contribution in [0.3, 0.4) is 0 Å². The SMILES string of the molecule is Cc1cc(C)cc(C#Cc2cc(N=Nc3ccccc3)cc(C#Cc3cc(C#Cc4cc(N=Nc5ccccc5)cc(C#Cc5cc(C)cc(C)c5)c4C)cc(C#Cc4cc(N=Nc5ccccc5)cc(C#Cc5cc(C)cc(C)c5)c4C)c3)c2C)c1. The van der Waals surface area contributed by atoms with Crippen molar-refractivity contribution in [3.05, 3.63) is 317 Å². The van der Waals surface area contributed by atoms with Gasteiger partial charge >= 0.3 is 0 Å². The molecule has 0 aliphatic heterocycles. The normalized spacial score (nSPS) is 10.6. The fraction of sp³-hybridized carbons (Fsp3) is 0.111. The van der Waals surface area contributed by atoms with E-state index in [9.17, 15) is 0 Å². The van der Waals surface area contributed by atoms with Crippen molar-refractivity contribution in [2.24, 2.45) is 30.7 Å². The molecule has 10 rings (SSSR count). The van der Waals surface area contributed by atoms with Crippen LogP contribution < -0.4 is 0 Å². The predicted molar refractivity (Wildman–Crippen MR) is 355 cm³/mol. The highest BCUT2D eigenvalue weighted by molar-refractivity contribution is 5.66. The lowest BCUT2D eigenvalue weighted by atomic mass is 9.99. The molecular formula is C81H60N6. The van der Waals surface area contributed by atoms with Crippen molar-refractivity contribution >= 4 is 34.1 Å². The van der Waals surface area contributed by atoms with E-state index in [1.165, 1.54) is 0 Å². The summed E-state index contributed by atoms with van der Waals surface area (Å²) >= 11 is 0. The van der Waals surface area contributed by atoms with Crippen LogP contribution in [-0.4, -0.2) is 0 Å². The van der Waals surface area contributed by atoms with Crippen molar-refractivity contribution in [3.8, 4) is 71.0 Å². The second kappa shape index (κ2) is 27.6.